The first kappa shape index (κ1) is 17.2. The summed E-state index contributed by atoms with van der Waals surface area (Å²) in [5.41, 5.74) is 1.28. The lowest BCUT2D eigenvalue weighted by atomic mass is 10.0. The zero-order chi connectivity index (χ0) is 17.8. The average Bonchev–Trinajstić information content (AvgIpc) is 3.15. The second-order valence-electron chi connectivity index (χ2n) is 6.81. The number of benzene rings is 1. The Balaban J connectivity index is 1.46. The van der Waals surface area contributed by atoms with Crippen LogP contribution in [0.5, 0.6) is 0 Å². The molecule has 1 spiro atoms. The summed E-state index contributed by atoms with van der Waals surface area (Å²) >= 11 is 0. The predicted octanol–water partition coefficient (Wildman–Crippen LogP) is 2.85. The van der Waals surface area contributed by atoms with Gasteiger partial charge < -0.3 is 19.3 Å². The van der Waals surface area contributed by atoms with Crippen molar-refractivity contribution in [2.75, 3.05) is 42.6 Å². The highest BCUT2D eigenvalue weighted by Gasteiger charge is 2.40. The van der Waals surface area contributed by atoms with E-state index in [1.165, 1.54) is 5.56 Å². The highest BCUT2D eigenvalue weighted by Crippen LogP contribution is 2.32. The van der Waals surface area contributed by atoms with Crippen LogP contribution in [0.15, 0.2) is 42.6 Å². The summed E-state index contributed by atoms with van der Waals surface area (Å²) in [6.07, 6.45) is 3.59. The molecule has 0 N–H and O–H groups in total. The molecule has 2 aliphatic rings. The first-order valence-corrected chi connectivity index (χ1v) is 9.43. The van der Waals surface area contributed by atoms with Crippen LogP contribution in [-0.4, -0.2) is 48.6 Å². The van der Waals surface area contributed by atoms with Crippen molar-refractivity contribution in [3.63, 3.8) is 0 Å². The van der Waals surface area contributed by atoms with Crippen LogP contribution in [0.25, 0.3) is 0 Å². The van der Waals surface area contributed by atoms with Crippen LogP contribution >= 0.6 is 0 Å². The Morgan fingerprint density at radius 1 is 1.08 bits per heavy atom. The minimum atomic E-state index is -0.364. The van der Waals surface area contributed by atoms with Crippen molar-refractivity contribution in [2.24, 2.45) is 0 Å². The van der Waals surface area contributed by atoms with Gasteiger partial charge in [-0.05, 0) is 18.6 Å². The Hall–Kier alpha value is -2.18. The number of piperidine rings is 1. The number of rotatable bonds is 5. The van der Waals surface area contributed by atoms with Gasteiger partial charge in [0.05, 0.1) is 13.2 Å². The molecule has 3 heterocycles. The Morgan fingerprint density at radius 3 is 2.50 bits per heavy atom. The number of aromatic nitrogens is 2. The monoisotopic (exact) mass is 354 g/mol. The smallest absolute Gasteiger partial charge is 0.227 e. The van der Waals surface area contributed by atoms with E-state index in [1.807, 2.05) is 18.3 Å². The van der Waals surface area contributed by atoms with Crippen molar-refractivity contribution >= 4 is 11.8 Å². The molecule has 0 unspecified atom stereocenters. The molecule has 0 radical (unpaired) electrons. The maximum absolute atomic E-state index is 5.81. The van der Waals surface area contributed by atoms with E-state index in [0.717, 1.165) is 50.8 Å². The van der Waals surface area contributed by atoms with Gasteiger partial charge in [-0.3, -0.25) is 0 Å². The second-order valence-corrected chi connectivity index (χ2v) is 6.81. The minimum Gasteiger partial charge on any atom is -0.352 e. The summed E-state index contributed by atoms with van der Waals surface area (Å²) in [7, 11) is 0. The molecule has 1 aromatic carbocycles. The lowest BCUT2D eigenvalue weighted by Gasteiger charge is -2.37. The maximum atomic E-state index is 5.81. The van der Waals surface area contributed by atoms with Crippen molar-refractivity contribution in [3.05, 3.63) is 48.2 Å². The molecule has 6 heteroatoms. The highest BCUT2D eigenvalue weighted by molar-refractivity contribution is 5.44. The van der Waals surface area contributed by atoms with E-state index in [9.17, 15) is 0 Å². The third-order valence-corrected chi connectivity index (χ3v) is 5.17. The second kappa shape index (κ2) is 7.60. The van der Waals surface area contributed by atoms with Crippen molar-refractivity contribution < 1.29 is 9.47 Å². The quantitative estimate of drug-likeness (QED) is 0.823. The molecule has 0 atom stereocenters. The standard InChI is InChI=1S/C20H26N4O2/c1-2-23(16-17-6-4-3-5-7-17)18-8-11-21-19(22-18)24-12-9-20(10-13-24)25-14-15-26-20/h3-8,11H,2,9-10,12-16H2,1H3. The summed E-state index contributed by atoms with van der Waals surface area (Å²) in [4.78, 5) is 13.9. The molecule has 2 aromatic rings. The molecule has 1 aromatic heterocycles. The number of anilines is 2. The summed E-state index contributed by atoms with van der Waals surface area (Å²) in [5, 5.41) is 0. The van der Waals surface area contributed by atoms with Crippen molar-refractivity contribution in [1.29, 1.82) is 0 Å². The Labute approximate surface area is 154 Å². The molecule has 0 saturated carbocycles. The summed E-state index contributed by atoms with van der Waals surface area (Å²) in [5.74, 6) is 1.40. The molecule has 4 rings (SSSR count). The summed E-state index contributed by atoms with van der Waals surface area (Å²) in [6.45, 7) is 7.02. The molecule has 26 heavy (non-hydrogen) atoms. The van der Waals surface area contributed by atoms with E-state index in [-0.39, 0.29) is 5.79 Å². The van der Waals surface area contributed by atoms with Gasteiger partial charge in [-0.2, -0.15) is 4.98 Å². The zero-order valence-corrected chi connectivity index (χ0v) is 15.3. The third kappa shape index (κ3) is 3.66. The fraction of sp³-hybridized carbons (Fsp3) is 0.500. The van der Waals surface area contributed by atoms with Gasteiger partial charge in [0.15, 0.2) is 5.79 Å². The molecule has 2 aliphatic heterocycles. The number of ether oxygens (including phenoxy) is 2. The van der Waals surface area contributed by atoms with Gasteiger partial charge in [0.25, 0.3) is 0 Å². The maximum Gasteiger partial charge on any atom is 0.227 e. The molecule has 2 fully saturated rings. The lowest BCUT2D eigenvalue weighted by Crippen LogP contribution is -2.45. The van der Waals surface area contributed by atoms with Crippen LogP contribution in [0.1, 0.15) is 25.3 Å². The highest BCUT2D eigenvalue weighted by atomic mass is 16.7. The lowest BCUT2D eigenvalue weighted by molar-refractivity contribution is -0.169. The Morgan fingerprint density at radius 2 is 1.81 bits per heavy atom. The van der Waals surface area contributed by atoms with Crippen molar-refractivity contribution in [3.8, 4) is 0 Å². The van der Waals surface area contributed by atoms with Crippen molar-refractivity contribution in [1.82, 2.24) is 9.97 Å². The average molecular weight is 354 g/mol. The largest absolute Gasteiger partial charge is 0.352 e. The Bertz CT molecular complexity index is 709. The first-order valence-electron chi connectivity index (χ1n) is 9.43. The summed E-state index contributed by atoms with van der Waals surface area (Å²) < 4.78 is 11.6. The normalized spacial score (nSPS) is 19.0. The fourth-order valence-corrected chi connectivity index (χ4v) is 3.66. The van der Waals surface area contributed by atoms with Crippen LogP contribution in [0, 0.1) is 0 Å². The van der Waals surface area contributed by atoms with E-state index in [2.05, 4.69) is 46.0 Å². The van der Waals surface area contributed by atoms with Crippen LogP contribution in [0.3, 0.4) is 0 Å². The van der Waals surface area contributed by atoms with Crippen LogP contribution in [0.4, 0.5) is 11.8 Å². The number of nitrogens with zero attached hydrogens (tertiary/aromatic N) is 4. The van der Waals surface area contributed by atoms with Gasteiger partial charge in [-0.1, -0.05) is 30.3 Å². The number of hydrogen-bond acceptors (Lipinski definition) is 6. The molecule has 138 valence electrons. The molecule has 6 nitrogen and oxygen atoms in total. The minimum absolute atomic E-state index is 0.364. The van der Waals surface area contributed by atoms with Gasteiger partial charge in [-0.25, -0.2) is 4.98 Å². The van der Waals surface area contributed by atoms with Gasteiger partial charge in [0.2, 0.25) is 5.95 Å². The number of hydrogen-bond donors (Lipinski definition) is 0. The van der Waals surface area contributed by atoms with Crippen molar-refractivity contribution in [2.45, 2.75) is 32.1 Å². The first-order chi connectivity index (χ1) is 12.8. The van der Waals surface area contributed by atoms with E-state index < -0.39 is 0 Å². The zero-order valence-electron chi connectivity index (χ0n) is 15.3. The van der Waals surface area contributed by atoms with E-state index in [1.54, 1.807) is 0 Å². The third-order valence-electron chi connectivity index (χ3n) is 5.17. The topological polar surface area (TPSA) is 50.7 Å². The van der Waals surface area contributed by atoms with Gasteiger partial charge >= 0.3 is 0 Å². The van der Waals surface area contributed by atoms with Gasteiger partial charge in [0, 0.05) is 45.2 Å². The van der Waals surface area contributed by atoms with Gasteiger partial charge in [-0.15, -0.1) is 0 Å². The molecule has 0 aliphatic carbocycles. The van der Waals surface area contributed by atoms with Crippen LogP contribution in [-0.2, 0) is 16.0 Å². The van der Waals surface area contributed by atoms with E-state index in [0.29, 0.717) is 13.2 Å². The molecule has 0 amide bonds. The SMILES string of the molecule is CCN(Cc1ccccc1)c1ccnc(N2CCC3(CC2)OCCO3)n1. The van der Waals surface area contributed by atoms with Crippen LogP contribution in [0.2, 0.25) is 0 Å². The molecular weight excluding hydrogens is 328 g/mol. The molecule has 2 saturated heterocycles. The predicted molar refractivity (Wildman–Crippen MR) is 101 cm³/mol. The summed E-state index contributed by atoms with van der Waals surface area (Å²) in [6, 6.07) is 12.5. The van der Waals surface area contributed by atoms with Gasteiger partial charge in [0.1, 0.15) is 5.82 Å². The van der Waals surface area contributed by atoms with E-state index >= 15 is 0 Å². The van der Waals surface area contributed by atoms with E-state index in [4.69, 9.17) is 14.5 Å². The molecule has 0 bridgehead atoms. The Kier molecular flexibility index (Phi) is 5.04. The van der Waals surface area contributed by atoms with Crippen LogP contribution < -0.4 is 9.80 Å². The fourth-order valence-electron chi connectivity index (χ4n) is 3.66. The molecular formula is C20H26N4O2.